The minimum atomic E-state index is -1.43. The van der Waals surface area contributed by atoms with Gasteiger partial charge in [0.05, 0.1) is 30.0 Å². The molecule has 0 unspecified atom stereocenters. The Morgan fingerprint density at radius 3 is 2.20 bits per heavy atom. The van der Waals surface area contributed by atoms with Gasteiger partial charge >= 0.3 is 0 Å². The van der Waals surface area contributed by atoms with Crippen molar-refractivity contribution in [3.63, 3.8) is 0 Å². The SMILES string of the molecule is COc1cccc([C@H]2C3=CC[C@@H]4C(=O)N(c5ccc(I)cc5)C(=O)[C@@H]4[C@@H]3C[C@H]3C(=O)C(c4ccccc4)=CC(=O)[C@@]23c2ccccc2)c1O. The molecule has 4 aromatic rings. The number of ketones is 2. The van der Waals surface area contributed by atoms with Gasteiger partial charge in [0.2, 0.25) is 11.8 Å². The lowest BCUT2D eigenvalue weighted by Crippen LogP contribution is -2.58. The Bertz CT molecular complexity index is 2090. The maximum Gasteiger partial charge on any atom is 0.238 e. The Morgan fingerprint density at radius 1 is 0.816 bits per heavy atom. The van der Waals surface area contributed by atoms with Crippen LogP contribution in [0.3, 0.4) is 0 Å². The molecule has 1 heterocycles. The molecule has 4 aromatic carbocycles. The topological polar surface area (TPSA) is 101 Å². The molecule has 1 aliphatic heterocycles. The number of nitrogens with zero attached hydrogens (tertiary/aromatic N) is 1. The van der Waals surface area contributed by atoms with Gasteiger partial charge in [-0.25, -0.2) is 0 Å². The molecular formula is C41H32INO6. The van der Waals surface area contributed by atoms with Gasteiger partial charge in [-0.3, -0.25) is 24.1 Å². The molecular weight excluding hydrogens is 729 g/mol. The first-order chi connectivity index (χ1) is 23.8. The number of carbonyl (C=O) groups is 4. The quantitative estimate of drug-likeness (QED) is 0.133. The number of allylic oxidation sites excluding steroid dienone is 4. The van der Waals surface area contributed by atoms with Crippen LogP contribution in [0.4, 0.5) is 5.69 Å². The fourth-order valence-corrected chi connectivity index (χ4v) is 9.36. The number of rotatable bonds is 5. The summed E-state index contributed by atoms with van der Waals surface area (Å²) in [4.78, 5) is 59.9. The van der Waals surface area contributed by atoms with Crippen molar-refractivity contribution in [1.29, 1.82) is 0 Å². The van der Waals surface area contributed by atoms with Crippen LogP contribution in [0, 0.1) is 27.2 Å². The van der Waals surface area contributed by atoms with E-state index in [9.17, 15) is 14.7 Å². The third kappa shape index (κ3) is 4.60. The first kappa shape index (κ1) is 31.4. The number of ether oxygens (including phenoxy) is 1. The van der Waals surface area contributed by atoms with Crippen molar-refractivity contribution in [3.05, 3.63) is 141 Å². The molecule has 49 heavy (non-hydrogen) atoms. The lowest BCUT2D eigenvalue weighted by molar-refractivity contribution is -0.135. The number of amides is 2. The molecule has 8 heteroatoms. The van der Waals surface area contributed by atoms with Crippen LogP contribution < -0.4 is 9.64 Å². The summed E-state index contributed by atoms with van der Waals surface area (Å²) in [7, 11) is 1.47. The number of phenolic OH excluding ortho intramolecular Hbond substituents is 1. The Kier molecular flexibility index (Phi) is 7.66. The zero-order valence-electron chi connectivity index (χ0n) is 26.6. The van der Waals surface area contributed by atoms with Gasteiger partial charge in [0.25, 0.3) is 0 Å². The Morgan fingerprint density at radius 2 is 1.51 bits per heavy atom. The molecule has 1 N–H and O–H groups in total. The summed E-state index contributed by atoms with van der Waals surface area (Å²) in [6, 6.07) is 31.0. The normalized spacial score (nSPS) is 27.6. The van der Waals surface area contributed by atoms with Gasteiger partial charge in [-0.15, -0.1) is 0 Å². The molecule has 0 radical (unpaired) electrons. The maximum atomic E-state index is 15.1. The number of carbonyl (C=O) groups excluding carboxylic acids is 4. The minimum absolute atomic E-state index is 0.125. The van der Waals surface area contributed by atoms with Crippen molar-refractivity contribution in [2.24, 2.45) is 23.7 Å². The number of aromatic hydroxyl groups is 1. The molecule has 2 amide bonds. The smallest absolute Gasteiger partial charge is 0.238 e. The molecule has 244 valence electrons. The molecule has 3 aliphatic carbocycles. The molecule has 1 saturated carbocycles. The molecule has 0 spiro atoms. The second kappa shape index (κ2) is 11.9. The third-order valence-electron chi connectivity index (χ3n) is 11.0. The van der Waals surface area contributed by atoms with Crippen LogP contribution in [0.5, 0.6) is 11.5 Å². The second-order valence-electron chi connectivity index (χ2n) is 13.2. The van der Waals surface area contributed by atoms with E-state index in [1.807, 2.05) is 78.9 Å². The van der Waals surface area contributed by atoms with E-state index in [4.69, 9.17) is 4.74 Å². The number of halogens is 1. The first-order valence-corrected chi connectivity index (χ1v) is 17.5. The summed E-state index contributed by atoms with van der Waals surface area (Å²) < 4.78 is 6.52. The van der Waals surface area contributed by atoms with Crippen molar-refractivity contribution < 1.29 is 29.0 Å². The van der Waals surface area contributed by atoms with Crippen LogP contribution in [0.1, 0.15) is 35.4 Å². The average molecular weight is 762 g/mol. The van der Waals surface area contributed by atoms with Gasteiger partial charge in [-0.2, -0.15) is 0 Å². The number of phenols is 1. The van der Waals surface area contributed by atoms with E-state index < -0.39 is 35.0 Å². The lowest BCUT2D eigenvalue weighted by Gasteiger charge is -2.55. The highest BCUT2D eigenvalue weighted by molar-refractivity contribution is 14.1. The molecule has 2 fully saturated rings. The van der Waals surface area contributed by atoms with Crippen LogP contribution >= 0.6 is 22.6 Å². The van der Waals surface area contributed by atoms with E-state index in [0.717, 1.165) is 9.14 Å². The number of methoxy groups -OCH3 is 1. The number of hydrogen-bond acceptors (Lipinski definition) is 6. The van der Waals surface area contributed by atoms with E-state index in [0.29, 0.717) is 34.4 Å². The summed E-state index contributed by atoms with van der Waals surface area (Å²) in [6.45, 7) is 0. The summed E-state index contributed by atoms with van der Waals surface area (Å²) in [5.41, 5.74) is 1.93. The summed E-state index contributed by atoms with van der Waals surface area (Å²) in [6.07, 6.45) is 3.96. The first-order valence-electron chi connectivity index (χ1n) is 16.4. The second-order valence-corrected chi connectivity index (χ2v) is 14.4. The number of fused-ring (bicyclic) bond motifs is 4. The molecule has 1 saturated heterocycles. The van der Waals surface area contributed by atoms with Crippen LogP contribution in [0.15, 0.2) is 121 Å². The van der Waals surface area contributed by atoms with Crippen molar-refractivity contribution in [3.8, 4) is 11.5 Å². The third-order valence-corrected chi connectivity index (χ3v) is 11.7. The molecule has 0 bridgehead atoms. The summed E-state index contributed by atoms with van der Waals surface area (Å²) in [5, 5.41) is 11.8. The van der Waals surface area contributed by atoms with Gasteiger partial charge in [0.1, 0.15) is 0 Å². The number of para-hydroxylation sites is 1. The predicted octanol–water partition coefficient (Wildman–Crippen LogP) is 7.03. The van der Waals surface area contributed by atoms with Gasteiger partial charge in [0.15, 0.2) is 23.1 Å². The Balaban J connectivity index is 1.37. The number of imide groups is 1. The average Bonchev–Trinajstić information content (AvgIpc) is 3.39. The van der Waals surface area contributed by atoms with Gasteiger partial charge in [-0.05, 0) is 88.9 Å². The molecule has 6 atom stereocenters. The van der Waals surface area contributed by atoms with Crippen molar-refractivity contribution in [1.82, 2.24) is 0 Å². The largest absolute Gasteiger partial charge is 0.504 e. The minimum Gasteiger partial charge on any atom is -0.504 e. The Hall–Kier alpha value is -4.83. The fourth-order valence-electron chi connectivity index (χ4n) is 9.00. The zero-order chi connectivity index (χ0) is 34.0. The fraction of sp³-hybridized carbons (Fsp3) is 0.220. The van der Waals surface area contributed by atoms with Crippen molar-refractivity contribution in [2.45, 2.75) is 24.2 Å². The molecule has 7 nitrogen and oxygen atoms in total. The number of benzene rings is 4. The monoisotopic (exact) mass is 761 g/mol. The summed E-state index contributed by atoms with van der Waals surface area (Å²) >= 11 is 2.19. The van der Waals surface area contributed by atoms with Gasteiger partial charge in [-0.1, -0.05) is 84.4 Å². The molecule has 4 aliphatic rings. The zero-order valence-corrected chi connectivity index (χ0v) is 28.7. The number of hydrogen-bond donors (Lipinski definition) is 1. The Labute approximate surface area is 297 Å². The summed E-state index contributed by atoms with van der Waals surface area (Å²) in [5.74, 6) is -4.49. The number of anilines is 1. The maximum absolute atomic E-state index is 15.1. The van der Waals surface area contributed by atoms with E-state index in [1.165, 1.54) is 18.1 Å². The molecule has 8 rings (SSSR count). The van der Waals surface area contributed by atoms with E-state index in [2.05, 4.69) is 22.6 Å². The van der Waals surface area contributed by atoms with Gasteiger partial charge in [0, 0.05) is 26.5 Å². The lowest BCUT2D eigenvalue weighted by atomic mass is 9.44. The highest BCUT2D eigenvalue weighted by Crippen LogP contribution is 2.65. The van der Waals surface area contributed by atoms with E-state index in [-0.39, 0.29) is 41.3 Å². The molecule has 0 aromatic heterocycles. The van der Waals surface area contributed by atoms with Crippen molar-refractivity contribution in [2.75, 3.05) is 12.0 Å². The van der Waals surface area contributed by atoms with Crippen LogP contribution in [-0.2, 0) is 24.6 Å². The predicted molar refractivity (Wildman–Crippen MR) is 193 cm³/mol. The van der Waals surface area contributed by atoms with Crippen molar-refractivity contribution >= 4 is 57.2 Å². The highest BCUT2D eigenvalue weighted by Gasteiger charge is 2.66. The van der Waals surface area contributed by atoms with E-state index in [1.54, 1.807) is 30.3 Å². The van der Waals surface area contributed by atoms with Crippen LogP contribution in [0.2, 0.25) is 0 Å². The van der Waals surface area contributed by atoms with Crippen LogP contribution in [-0.4, -0.2) is 35.6 Å². The van der Waals surface area contributed by atoms with Crippen LogP contribution in [0.25, 0.3) is 5.57 Å². The van der Waals surface area contributed by atoms with E-state index >= 15 is 9.59 Å². The number of Topliss-reactive ketones (excluding diaryl/α,β-unsaturated/α-hetero) is 1. The van der Waals surface area contributed by atoms with Gasteiger partial charge < -0.3 is 9.84 Å². The standard InChI is InChI=1S/C41H32INO6/c1-49-33-14-8-13-29(38(33)46)36-27-19-20-28-35(40(48)43(39(28)47)26-17-15-25(42)16-18-26)31(27)21-32-37(45)30(23-9-4-2-5-10-23)22-34(44)41(32,36)24-11-6-3-7-12-24/h2-19,22,28,31-32,35-36,46H,20-21H2,1H3/t28-,31+,32-,35-,36+,41-/m0/s1. The highest BCUT2D eigenvalue weighted by atomic mass is 127.